The first-order valence-corrected chi connectivity index (χ1v) is 7.73. The molecule has 0 aliphatic carbocycles. The molecule has 5 heteroatoms. The van der Waals surface area contributed by atoms with E-state index in [0.717, 1.165) is 17.7 Å². The number of nitrogens with one attached hydrogen (secondary N) is 1. The van der Waals surface area contributed by atoms with Crippen LogP contribution in [0.15, 0.2) is 42.9 Å². The maximum Gasteiger partial charge on any atom is 0.251 e. The Bertz CT molecular complexity index is 634. The Morgan fingerprint density at radius 3 is 2.52 bits per heavy atom. The van der Waals surface area contributed by atoms with Gasteiger partial charge in [0, 0.05) is 18.0 Å². The molecule has 1 aromatic carbocycles. The van der Waals surface area contributed by atoms with Crippen molar-refractivity contribution >= 4 is 5.91 Å². The SMILES string of the molecule is CC(NC(=O)c1ccc(CCC(C)(C)O)cc1)c1cnccn1. The van der Waals surface area contributed by atoms with Crippen LogP contribution in [0.5, 0.6) is 0 Å². The molecule has 2 N–H and O–H groups in total. The molecular weight excluding hydrogens is 290 g/mol. The van der Waals surface area contributed by atoms with E-state index in [-0.39, 0.29) is 11.9 Å². The van der Waals surface area contributed by atoms with Crippen molar-refractivity contribution in [3.8, 4) is 0 Å². The van der Waals surface area contributed by atoms with Crippen LogP contribution < -0.4 is 5.32 Å². The number of aliphatic hydroxyl groups is 1. The van der Waals surface area contributed by atoms with Gasteiger partial charge >= 0.3 is 0 Å². The summed E-state index contributed by atoms with van der Waals surface area (Å²) in [4.78, 5) is 20.4. The van der Waals surface area contributed by atoms with Crippen LogP contribution in [0.2, 0.25) is 0 Å². The number of nitrogens with zero attached hydrogens (tertiary/aromatic N) is 2. The van der Waals surface area contributed by atoms with Crippen LogP contribution in [0.4, 0.5) is 0 Å². The zero-order chi connectivity index (χ0) is 16.9. The van der Waals surface area contributed by atoms with E-state index in [4.69, 9.17) is 0 Å². The predicted molar refractivity (Wildman–Crippen MR) is 89.0 cm³/mol. The van der Waals surface area contributed by atoms with Gasteiger partial charge in [-0.25, -0.2) is 0 Å². The second-order valence-corrected chi connectivity index (χ2v) is 6.33. The van der Waals surface area contributed by atoms with E-state index in [2.05, 4.69) is 15.3 Å². The molecule has 0 saturated heterocycles. The molecule has 2 aromatic rings. The summed E-state index contributed by atoms with van der Waals surface area (Å²) in [7, 11) is 0. The second kappa shape index (κ2) is 7.33. The Hall–Kier alpha value is -2.27. The first kappa shape index (κ1) is 17.1. The highest BCUT2D eigenvalue weighted by Crippen LogP contribution is 2.14. The van der Waals surface area contributed by atoms with Crippen LogP contribution in [0, 0.1) is 0 Å². The van der Waals surface area contributed by atoms with Crippen molar-refractivity contribution in [3.05, 3.63) is 59.7 Å². The van der Waals surface area contributed by atoms with Gasteiger partial charge < -0.3 is 10.4 Å². The number of aromatic nitrogens is 2. The van der Waals surface area contributed by atoms with E-state index in [0.29, 0.717) is 12.0 Å². The predicted octanol–water partition coefficient (Wildman–Crippen LogP) is 2.67. The van der Waals surface area contributed by atoms with Crippen molar-refractivity contribution in [2.45, 2.75) is 45.3 Å². The molecule has 0 saturated carbocycles. The Kier molecular flexibility index (Phi) is 5.45. The van der Waals surface area contributed by atoms with E-state index in [9.17, 15) is 9.90 Å². The molecule has 1 aromatic heterocycles. The summed E-state index contributed by atoms with van der Waals surface area (Å²) >= 11 is 0. The molecular formula is C18H23N3O2. The summed E-state index contributed by atoms with van der Waals surface area (Å²) in [5.74, 6) is -0.141. The average Bonchev–Trinajstić information content (AvgIpc) is 2.53. The fourth-order valence-corrected chi connectivity index (χ4v) is 2.16. The van der Waals surface area contributed by atoms with Crippen LogP contribution >= 0.6 is 0 Å². The first-order valence-electron chi connectivity index (χ1n) is 7.73. The van der Waals surface area contributed by atoms with E-state index < -0.39 is 5.60 Å². The molecule has 5 nitrogen and oxygen atoms in total. The standard InChI is InChI=1S/C18H23N3O2/c1-13(16-12-19-10-11-20-16)21-17(22)15-6-4-14(5-7-15)8-9-18(2,3)23/h4-7,10-13,23H,8-9H2,1-3H3,(H,21,22). The van der Waals surface area contributed by atoms with Gasteiger partial charge in [0.25, 0.3) is 5.91 Å². The zero-order valence-corrected chi connectivity index (χ0v) is 13.8. The van der Waals surface area contributed by atoms with Crippen molar-refractivity contribution in [1.82, 2.24) is 15.3 Å². The topological polar surface area (TPSA) is 75.1 Å². The van der Waals surface area contributed by atoms with E-state index in [1.807, 2.05) is 19.1 Å². The summed E-state index contributed by atoms with van der Waals surface area (Å²) in [6, 6.07) is 7.25. The van der Waals surface area contributed by atoms with Crippen molar-refractivity contribution in [2.24, 2.45) is 0 Å². The molecule has 0 aliphatic heterocycles. The van der Waals surface area contributed by atoms with Gasteiger partial charge in [-0.1, -0.05) is 12.1 Å². The van der Waals surface area contributed by atoms with E-state index in [1.165, 1.54) is 0 Å². The van der Waals surface area contributed by atoms with Crippen molar-refractivity contribution in [1.29, 1.82) is 0 Å². The maximum absolute atomic E-state index is 12.3. The molecule has 23 heavy (non-hydrogen) atoms. The fraction of sp³-hybridized carbons (Fsp3) is 0.389. The number of carbonyl (C=O) groups excluding carboxylic acids is 1. The highest BCUT2D eigenvalue weighted by Gasteiger charge is 2.14. The van der Waals surface area contributed by atoms with Crippen LogP contribution in [0.1, 0.15) is 54.8 Å². The lowest BCUT2D eigenvalue weighted by Gasteiger charge is -2.16. The fourth-order valence-electron chi connectivity index (χ4n) is 2.16. The third-order valence-electron chi connectivity index (χ3n) is 3.62. The van der Waals surface area contributed by atoms with Crippen molar-refractivity contribution in [2.75, 3.05) is 0 Å². The quantitative estimate of drug-likeness (QED) is 0.860. The molecule has 1 amide bonds. The van der Waals surface area contributed by atoms with Crippen LogP contribution in [0.25, 0.3) is 0 Å². The van der Waals surface area contributed by atoms with Gasteiger partial charge in [0.05, 0.1) is 23.5 Å². The van der Waals surface area contributed by atoms with Crippen LogP contribution in [0.3, 0.4) is 0 Å². The number of hydrogen-bond donors (Lipinski definition) is 2. The minimum absolute atomic E-state index is 0.141. The lowest BCUT2D eigenvalue weighted by atomic mass is 9.98. The van der Waals surface area contributed by atoms with Gasteiger partial charge in [-0.2, -0.15) is 0 Å². The Morgan fingerprint density at radius 2 is 1.96 bits per heavy atom. The maximum atomic E-state index is 12.3. The lowest BCUT2D eigenvalue weighted by Crippen LogP contribution is -2.27. The molecule has 0 spiro atoms. The van der Waals surface area contributed by atoms with E-state index in [1.54, 1.807) is 44.6 Å². The molecule has 2 rings (SSSR count). The number of benzene rings is 1. The van der Waals surface area contributed by atoms with Gasteiger partial charge in [0.1, 0.15) is 0 Å². The molecule has 0 fully saturated rings. The minimum Gasteiger partial charge on any atom is -0.390 e. The van der Waals surface area contributed by atoms with Crippen LogP contribution in [-0.2, 0) is 6.42 Å². The summed E-state index contributed by atoms with van der Waals surface area (Å²) in [5.41, 5.74) is 1.75. The minimum atomic E-state index is -0.678. The Balaban J connectivity index is 1.95. The highest BCUT2D eigenvalue weighted by molar-refractivity contribution is 5.94. The largest absolute Gasteiger partial charge is 0.390 e. The molecule has 1 unspecified atom stereocenters. The molecule has 0 bridgehead atoms. The monoisotopic (exact) mass is 313 g/mol. The van der Waals surface area contributed by atoms with Gasteiger partial charge in [-0.3, -0.25) is 14.8 Å². The zero-order valence-electron chi connectivity index (χ0n) is 13.8. The summed E-state index contributed by atoms with van der Waals surface area (Å²) in [5, 5.41) is 12.7. The van der Waals surface area contributed by atoms with Gasteiger partial charge in [-0.05, 0) is 51.3 Å². The second-order valence-electron chi connectivity index (χ2n) is 6.33. The number of hydrogen-bond acceptors (Lipinski definition) is 4. The third kappa shape index (κ3) is 5.45. The van der Waals surface area contributed by atoms with Gasteiger partial charge in [0.15, 0.2) is 0 Å². The molecule has 122 valence electrons. The smallest absolute Gasteiger partial charge is 0.251 e. The summed E-state index contributed by atoms with van der Waals surface area (Å²) in [6.07, 6.45) is 6.31. The number of rotatable bonds is 6. The molecule has 0 aliphatic rings. The lowest BCUT2D eigenvalue weighted by molar-refractivity contribution is 0.0713. The summed E-state index contributed by atoms with van der Waals surface area (Å²) in [6.45, 7) is 5.46. The Morgan fingerprint density at radius 1 is 1.26 bits per heavy atom. The van der Waals surface area contributed by atoms with Gasteiger partial charge in [-0.15, -0.1) is 0 Å². The molecule has 0 radical (unpaired) electrons. The van der Waals surface area contributed by atoms with E-state index >= 15 is 0 Å². The Labute approximate surface area is 136 Å². The van der Waals surface area contributed by atoms with Crippen LogP contribution in [-0.4, -0.2) is 26.6 Å². The normalized spacial score (nSPS) is 12.7. The van der Waals surface area contributed by atoms with Gasteiger partial charge in [0.2, 0.25) is 0 Å². The summed E-state index contributed by atoms with van der Waals surface area (Å²) < 4.78 is 0. The highest BCUT2D eigenvalue weighted by atomic mass is 16.3. The van der Waals surface area contributed by atoms with Crippen molar-refractivity contribution < 1.29 is 9.90 Å². The third-order valence-corrected chi connectivity index (χ3v) is 3.62. The number of carbonyl (C=O) groups is 1. The molecule has 1 heterocycles. The number of aryl methyl sites for hydroxylation is 1. The number of amides is 1. The van der Waals surface area contributed by atoms with Crippen molar-refractivity contribution in [3.63, 3.8) is 0 Å². The molecule has 1 atom stereocenters. The average molecular weight is 313 g/mol. The first-order chi connectivity index (χ1) is 10.8.